The van der Waals surface area contributed by atoms with Crippen LogP contribution in [0.4, 0.5) is 0 Å². The summed E-state index contributed by atoms with van der Waals surface area (Å²) in [7, 11) is 0. The predicted octanol–water partition coefficient (Wildman–Crippen LogP) is 4.39. The molecule has 1 heterocycles. The van der Waals surface area contributed by atoms with E-state index in [4.69, 9.17) is 19.5 Å². The van der Waals surface area contributed by atoms with Crippen LogP contribution in [0.2, 0.25) is 0 Å². The van der Waals surface area contributed by atoms with Gasteiger partial charge in [-0.05, 0) is 0 Å². The van der Waals surface area contributed by atoms with Gasteiger partial charge in [0.2, 0.25) is 0 Å². The van der Waals surface area contributed by atoms with Gasteiger partial charge < -0.3 is 0 Å². The third-order valence-electron chi connectivity index (χ3n) is 6.28. The predicted molar refractivity (Wildman–Crippen MR) is 113 cm³/mol. The van der Waals surface area contributed by atoms with Crippen LogP contribution in [0.25, 0.3) is 12.2 Å². The number of fused-ring (bicyclic) bond motifs is 6. The van der Waals surface area contributed by atoms with Gasteiger partial charge in [0.05, 0.1) is 0 Å². The quantitative estimate of drug-likeness (QED) is 0.512. The summed E-state index contributed by atoms with van der Waals surface area (Å²) in [4.78, 5) is 25.2. The van der Waals surface area contributed by atoms with Crippen molar-refractivity contribution in [2.75, 3.05) is 0 Å². The number of carbonyl (C=O) groups is 2. The van der Waals surface area contributed by atoms with Crippen LogP contribution in [0.1, 0.15) is 43.5 Å². The Morgan fingerprint density at radius 3 is 1.61 bits per heavy atom. The second kappa shape index (κ2) is 7.43. The molecule has 2 aromatic rings. The summed E-state index contributed by atoms with van der Waals surface area (Å²) in [5.74, 6) is 2.48. The average Bonchev–Trinajstić information content (AvgIpc) is 3.32. The topological polar surface area (TPSA) is 52.6 Å². The molecule has 1 fully saturated rings. The fraction of sp³-hybridized carbons (Fsp3) is 0.154. The van der Waals surface area contributed by atoms with E-state index in [0.29, 0.717) is 0 Å². The van der Waals surface area contributed by atoms with Crippen molar-refractivity contribution in [3.8, 4) is 24.7 Å². The number of carbonyl (C=O) groups excluding carboxylic acids is 2. The van der Waals surface area contributed by atoms with Gasteiger partial charge in [0, 0.05) is 0 Å². The van der Waals surface area contributed by atoms with Crippen molar-refractivity contribution in [3.05, 3.63) is 81.9 Å². The van der Waals surface area contributed by atoms with Crippen molar-refractivity contribution in [3.63, 3.8) is 0 Å². The van der Waals surface area contributed by atoms with Crippen molar-refractivity contribution in [1.82, 2.24) is 0 Å². The monoisotopic (exact) mass is 442 g/mol. The van der Waals surface area contributed by atoms with Gasteiger partial charge in [0.1, 0.15) is 0 Å². The summed E-state index contributed by atoms with van der Waals surface area (Å²) in [5.41, 5.74) is 6.29. The zero-order valence-corrected chi connectivity index (χ0v) is 18.2. The molecule has 31 heavy (non-hydrogen) atoms. The normalized spacial score (nSPS) is 21.5. The third kappa shape index (κ3) is 3.00. The molecule has 2 atom stereocenters. The van der Waals surface area contributed by atoms with Crippen LogP contribution in [-0.2, 0) is 33.6 Å². The van der Waals surface area contributed by atoms with Crippen LogP contribution in [0.15, 0.2) is 59.7 Å². The molecule has 4 nitrogen and oxygen atoms in total. The summed E-state index contributed by atoms with van der Waals surface area (Å²) in [6.07, 6.45) is 16.6. The molecule has 0 radical (unpaired) electrons. The van der Waals surface area contributed by atoms with Crippen molar-refractivity contribution in [2.24, 2.45) is 0 Å². The second-order valence-electron chi connectivity index (χ2n) is 7.85. The summed E-state index contributed by atoms with van der Waals surface area (Å²) >= 11 is -4.51. The van der Waals surface area contributed by atoms with Gasteiger partial charge in [0.25, 0.3) is 0 Å². The van der Waals surface area contributed by atoms with Crippen LogP contribution >= 0.6 is 0 Å². The van der Waals surface area contributed by atoms with Crippen LogP contribution in [0.5, 0.6) is 0 Å². The summed E-state index contributed by atoms with van der Waals surface area (Å²) in [5, 5.41) is 0. The molecule has 2 aliphatic carbocycles. The van der Waals surface area contributed by atoms with E-state index in [1.165, 1.54) is 0 Å². The molecule has 0 aromatic heterocycles. The Morgan fingerprint density at radius 2 is 1.19 bits per heavy atom. The van der Waals surface area contributed by atoms with Gasteiger partial charge in [-0.3, -0.25) is 0 Å². The van der Waals surface area contributed by atoms with E-state index in [1.54, 1.807) is 0 Å². The number of hydrogen-bond donors (Lipinski definition) is 0. The number of terminal acetylenes is 2. The van der Waals surface area contributed by atoms with E-state index < -0.39 is 29.3 Å². The van der Waals surface area contributed by atoms with Gasteiger partial charge in [-0.15, -0.1) is 0 Å². The first-order valence-electron chi connectivity index (χ1n) is 10.1. The van der Waals surface area contributed by atoms with E-state index in [9.17, 15) is 9.59 Å². The molecule has 0 bridgehead atoms. The van der Waals surface area contributed by atoms with Crippen LogP contribution < -0.4 is 0 Å². The van der Waals surface area contributed by atoms with Crippen LogP contribution in [0.3, 0.4) is 0 Å². The molecule has 5 heteroatoms. The number of hydrogen-bond acceptors (Lipinski definition) is 4. The number of rotatable bonds is 2. The van der Waals surface area contributed by atoms with Crippen molar-refractivity contribution in [1.29, 1.82) is 0 Å². The molecule has 2 aromatic carbocycles. The van der Waals surface area contributed by atoms with Gasteiger partial charge in [0.15, 0.2) is 0 Å². The summed E-state index contributed by atoms with van der Waals surface area (Å²) < 4.78 is 11.6. The van der Waals surface area contributed by atoms with E-state index >= 15 is 0 Å². The molecule has 0 saturated carbocycles. The van der Waals surface area contributed by atoms with Crippen LogP contribution in [-0.4, -0.2) is 11.9 Å². The molecule has 0 N–H and O–H groups in total. The SMILES string of the molecule is C#CC(=O)[O][Ti]1([O]C(=O)C#C)[CH]2C(=Cc3ccccc32)CCC2=Cc3ccccc3[CH]21. The zero-order valence-electron chi connectivity index (χ0n) is 16.6. The van der Waals surface area contributed by atoms with E-state index in [-0.39, 0.29) is 8.45 Å². The van der Waals surface area contributed by atoms with E-state index in [2.05, 4.69) is 24.0 Å². The number of benzene rings is 2. The first-order valence-corrected chi connectivity index (χ1v) is 13.1. The molecular formula is C26H18O4Ti. The van der Waals surface area contributed by atoms with Gasteiger partial charge in [-0.2, -0.15) is 0 Å². The molecule has 0 spiro atoms. The average molecular weight is 442 g/mol. The second-order valence-corrected chi connectivity index (χ2v) is 12.5. The van der Waals surface area contributed by atoms with Crippen LogP contribution in [0, 0.1) is 24.7 Å². The maximum atomic E-state index is 12.6. The Hall–Kier alpha value is -3.31. The van der Waals surface area contributed by atoms with Crippen molar-refractivity contribution in [2.45, 2.75) is 21.3 Å². The molecule has 0 amide bonds. The third-order valence-corrected chi connectivity index (χ3v) is 12.5. The minimum absolute atomic E-state index is 0.326. The zero-order chi connectivity index (χ0) is 21.6. The Balaban J connectivity index is 1.81. The Morgan fingerprint density at radius 1 is 0.774 bits per heavy atom. The Labute approximate surface area is 185 Å². The first-order chi connectivity index (χ1) is 15.1. The van der Waals surface area contributed by atoms with Crippen molar-refractivity contribution < 1.29 is 33.6 Å². The first kappa shape index (κ1) is 19.6. The van der Waals surface area contributed by atoms with Gasteiger partial charge in [-0.25, -0.2) is 0 Å². The molecule has 1 saturated heterocycles. The Bertz CT molecular complexity index is 1170. The van der Waals surface area contributed by atoms with Crippen molar-refractivity contribution >= 4 is 24.1 Å². The molecule has 150 valence electrons. The minimum atomic E-state index is -4.51. The summed E-state index contributed by atoms with van der Waals surface area (Å²) in [6, 6.07) is 15.9. The van der Waals surface area contributed by atoms with E-state index in [1.807, 2.05) is 48.5 Å². The van der Waals surface area contributed by atoms with E-state index in [0.717, 1.165) is 46.2 Å². The summed E-state index contributed by atoms with van der Waals surface area (Å²) in [6.45, 7) is 0. The molecule has 2 unspecified atom stereocenters. The standard InChI is InChI=1S/C20H16.2C3H2O2.Ti/c1-2-6-18-12-15(11-17(18)5-1)9-10-16-13-19-7-3-4-8-20(19)14-16;2*1-2-3(4)5;/h1-8,11-14H,9-10H2;2*1H,(H,4,5);/q;;;+2/p-2. The maximum absolute atomic E-state index is 12.6. The van der Waals surface area contributed by atoms with Gasteiger partial charge in [-0.1, -0.05) is 0 Å². The fourth-order valence-electron chi connectivity index (χ4n) is 5.22. The molecular weight excluding hydrogens is 424 g/mol. The molecule has 5 rings (SSSR count). The number of allylic oxidation sites excluding steroid dienone is 2. The fourth-order valence-corrected chi connectivity index (χ4v) is 12.1. The Kier molecular flexibility index (Phi) is 4.71. The molecule has 1 aliphatic heterocycles. The van der Waals surface area contributed by atoms with Gasteiger partial charge >= 0.3 is 186 Å². The molecule has 3 aliphatic rings.